The molecule has 2 aliphatic heterocycles. The third-order valence-electron chi connectivity index (χ3n) is 5.58. The number of carbonyl (C=O) groups is 2. The first kappa shape index (κ1) is 17.7. The van der Waals surface area contributed by atoms with Crippen LogP contribution in [0.15, 0.2) is 54.6 Å². The average Bonchev–Trinajstić information content (AvgIpc) is 2.74. The van der Waals surface area contributed by atoms with E-state index in [0.717, 1.165) is 31.6 Å². The summed E-state index contributed by atoms with van der Waals surface area (Å²) >= 11 is 0. The van der Waals surface area contributed by atoms with E-state index in [0.29, 0.717) is 11.3 Å². The molecule has 2 aliphatic rings. The van der Waals surface area contributed by atoms with Gasteiger partial charge in [0.2, 0.25) is 5.91 Å². The number of hydrogen-bond acceptors (Lipinski definition) is 3. The van der Waals surface area contributed by atoms with Crippen LogP contribution < -0.4 is 9.80 Å². The quantitative estimate of drug-likeness (QED) is 0.838. The SMILES string of the molecule is CC(C(=O)N1CN(c2ccccc2)C(=O)c2ccccc21)N1CCCCC1. The Morgan fingerprint density at radius 1 is 0.926 bits per heavy atom. The van der Waals surface area contributed by atoms with Crippen molar-refractivity contribution < 1.29 is 9.59 Å². The smallest absolute Gasteiger partial charge is 0.261 e. The van der Waals surface area contributed by atoms with Gasteiger partial charge in [-0.25, -0.2) is 0 Å². The summed E-state index contributed by atoms with van der Waals surface area (Å²) in [5.41, 5.74) is 2.09. The minimum absolute atomic E-state index is 0.0535. The zero-order valence-electron chi connectivity index (χ0n) is 15.7. The van der Waals surface area contributed by atoms with Gasteiger partial charge in [-0.15, -0.1) is 0 Å². The van der Waals surface area contributed by atoms with E-state index >= 15 is 0 Å². The Bertz CT molecular complexity index is 830. The summed E-state index contributed by atoms with van der Waals surface area (Å²) in [4.78, 5) is 32.1. The topological polar surface area (TPSA) is 43.9 Å². The largest absolute Gasteiger partial charge is 0.292 e. The highest BCUT2D eigenvalue weighted by atomic mass is 16.2. The Morgan fingerprint density at radius 3 is 2.33 bits per heavy atom. The monoisotopic (exact) mass is 363 g/mol. The molecular formula is C22H25N3O2. The van der Waals surface area contributed by atoms with Gasteiger partial charge in [0, 0.05) is 5.69 Å². The fourth-order valence-corrected chi connectivity index (χ4v) is 4.00. The van der Waals surface area contributed by atoms with Crippen LogP contribution in [-0.4, -0.2) is 42.5 Å². The molecule has 0 N–H and O–H groups in total. The van der Waals surface area contributed by atoms with Crippen LogP contribution in [0.25, 0.3) is 0 Å². The summed E-state index contributed by atoms with van der Waals surface area (Å²) in [6.45, 7) is 4.16. The molecule has 27 heavy (non-hydrogen) atoms. The highest BCUT2D eigenvalue weighted by Gasteiger charge is 2.36. The maximum Gasteiger partial charge on any atom is 0.261 e. The molecule has 140 valence electrons. The summed E-state index contributed by atoms with van der Waals surface area (Å²) in [6.07, 6.45) is 3.52. The number of para-hydroxylation sites is 2. The molecule has 1 saturated heterocycles. The van der Waals surface area contributed by atoms with Gasteiger partial charge in [0.1, 0.15) is 6.67 Å². The molecule has 2 heterocycles. The van der Waals surface area contributed by atoms with Crippen LogP contribution in [0.2, 0.25) is 0 Å². The third kappa shape index (κ3) is 3.35. The number of rotatable bonds is 3. The number of anilines is 2. The molecule has 2 amide bonds. The predicted molar refractivity (Wildman–Crippen MR) is 107 cm³/mol. The van der Waals surface area contributed by atoms with Crippen molar-refractivity contribution in [3.8, 4) is 0 Å². The molecule has 2 aromatic carbocycles. The molecular weight excluding hydrogens is 338 g/mol. The molecule has 1 unspecified atom stereocenters. The van der Waals surface area contributed by atoms with E-state index in [1.807, 2.05) is 55.5 Å². The van der Waals surface area contributed by atoms with Crippen molar-refractivity contribution in [3.05, 3.63) is 60.2 Å². The van der Waals surface area contributed by atoms with Crippen molar-refractivity contribution in [2.24, 2.45) is 0 Å². The van der Waals surface area contributed by atoms with Crippen molar-refractivity contribution in [2.45, 2.75) is 32.2 Å². The van der Waals surface area contributed by atoms with Gasteiger partial charge in [-0.05, 0) is 57.1 Å². The lowest BCUT2D eigenvalue weighted by Crippen LogP contribution is -2.55. The predicted octanol–water partition coefficient (Wildman–Crippen LogP) is 3.51. The van der Waals surface area contributed by atoms with E-state index in [1.54, 1.807) is 15.9 Å². The van der Waals surface area contributed by atoms with Crippen LogP contribution in [0.4, 0.5) is 11.4 Å². The highest BCUT2D eigenvalue weighted by molar-refractivity contribution is 6.15. The van der Waals surface area contributed by atoms with Crippen molar-refractivity contribution in [3.63, 3.8) is 0 Å². The number of fused-ring (bicyclic) bond motifs is 1. The highest BCUT2D eigenvalue weighted by Crippen LogP contribution is 2.31. The second-order valence-corrected chi connectivity index (χ2v) is 7.27. The molecule has 4 rings (SSSR count). The van der Waals surface area contributed by atoms with Gasteiger partial charge in [-0.3, -0.25) is 24.3 Å². The summed E-state index contributed by atoms with van der Waals surface area (Å²) < 4.78 is 0. The Balaban J connectivity index is 1.67. The van der Waals surface area contributed by atoms with Crippen molar-refractivity contribution >= 4 is 23.2 Å². The van der Waals surface area contributed by atoms with Crippen LogP contribution >= 0.6 is 0 Å². The van der Waals surface area contributed by atoms with Gasteiger partial charge in [-0.1, -0.05) is 36.8 Å². The lowest BCUT2D eigenvalue weighted by Gasteiger charge is -2.40. The number of benzene rings is 2. The Morgan fingerprint density at radius 2 is 1.59 bits per heavy atom. The molecule has 0 saturated carbocycles. The number of hydrogen-bond donors (Lipinski definition) is 0. The van der Waals surface area contributed by atoms with Gasteiger partial charge >= 0.3 is 0 Å². The standard InChI is InChI=1S/C22H25N3O2/c1-17(23-14-8-3-9-15-23)21(26)25-16-24(18-10-4-2-5-11-18)22(27)19-12-6-7-13-20(19)25/h2,4-7,10-13,17H,3,8-9,14-16H2,1H3. The molecule has 0 aromatic heterocycles. The second-order valence-electron chi connectivity index (χ2n) is 7.27. The first-order valence-corrected chi connectivity index (χ1v) is 9.68. The third-order valence-corrected chi connectivity index (χ3v) is 5.58. The number of carbonyl (C=O) groups excluding carboxylic acids is 2. The van der Waals surface area contributed by atoms with E-state index in [1.165, 1.54) is 6.42 Å². The van der Waals surface area contributed by atoms with E-state index in [4.69, 9.17) is 0 Å². The van der Waals surface area contributed by atoms with E-state index in [-0.39, 0.29) is 24.5 Å². The van der Waals surface area contributed by atoms with Crippen molar-refractivity contribution in [2.75, 3.05) is 29.6 Å². The van der Waals surface area contributed by atoms with Gasteiger partial charge in [0.25, 0.3) is 5.91 Å². The van der Waals surface area contributed by atoms with Crippen LogP contribution in [0.1, 0.15) is 36.5 Å². The molecule has 5 nitrogen and oxygen atoms in total. The average molecular weight is 363 g/mol. The first-order chi connectivity index (χ1) is 13.2. The van der Waals surface area contributed by atoms with Crippen LogP contribution in [0.3, 0.4) is 0 Å². The van der Waals surface area contributed by atoms with Gasteiger partial charge < -0.3 is 0 Å². The summed E-state index contributed by atoms with van der Waals surface area (Å²) in [5.74, 6) is -0.00995. The maximum atomic E-state index is 13.4. The number of piperidine rings is 1. The Labute approximate surface area is 160 Å². The minimum Gasteiger partial charge on any atom is -0.292 e. The molecule has 0 spiro atoms. The fraction of sp³-hybridized carbons (Fsp3) is 0.364. The molecule has 0 aliphatic carbocycles. The Hall–Kier alpha value is -2.66. The van der Waals surface area contributed by atoms with Crippen LogP contribution in [0, 0.1) is 0 Å². The first-order valence-electron chi connectivity index (χ1n) is 9.68. The molecule has 0 bridgehead atoms. The molecule has 0 radical (unpaired) electrons. The maximum absolute atomic E-state index is 13.4. The lowest BCUT2D eigenvalue weighted by atomic mass is 10.0. The second kappa shape index (κ2) is 7.53. The van der Waals surface area contributed by atoms with Gasteiger partial charge in [0.05, 0.1) is 17.3 Å². The minimum atomic E-state index is -0.191. The van der Waals surface area contributed by atoms with Crippen molar-refractivity contribution in [1.29, 1.82) is 0 Å². The van der Waals surface area contributed by atoms with Crippen LogP contribution in [-0.2, 0) is 4.79 Å². The zero-order valence-corrected chi connectivity index (χ0v) is 15.7. The summed E-state index contributed by atoms with van der Waals surface area (Å²) in [6, 6.07) is 16.8. The van der Waals surface area contributed by atoms with Crippen molar-refractivity contribution in [1.82, 2.24) is 4.90 Å². The molecule has 1 fully saturated rings. The Kier molecular flexibility index (Phi) is 4.94. The number of nitrogens with zero attached hydrogens (tertiary/aromatic N) is 3. The van der Waals surface area contributed by atoms with Gasteiger partial charge in [0.15, 0.2) is 0 Å². The van der Waals surface area contributed by atoms with E-state index < -0.39 is 0 Å². The summed E-state index contributed by atoms with van der Waals surface area (Å²) in [7, 11) is 0. The van der Waals surface area contributed by atoms with E-state index in [9.17, 15) is 9.59 Å². The normalized spacial score (nSPS) is 18.9. The molecule has 2 aromatic rings. The lowest BCUT2D eigenvalue weighted by molar-refractivity contribution is -0.123. The molecule has 1 atom stereocenters. The van der Waals surface area contributed by atoms with Gasteiger partial charge in [-0.2, -0.15) is 0 Å². The van der Waals surface area contributed by atoms with Crippen LogP contribution in [0.5, 0.6) is 0 Å². The number of likely N-dealkylation sites (tertiary alicyclic amines) is 1. The van der Waals surface area contributed by atoms with E-state index in [2.05, 4.69) is 4.90 Å². The molecule has 5 heteroatoms. The summed E-state index contributed by atoms with van der Waals surface area (Å²) in [5, 5.41) is 0. The zero-order chi connectivity index (χ0) is 18.8. The fourth-order valence-electron chi connectivity index (χ4n) is 4.00. The number of amides is 2.